The van der Waals surface area contributed by atoms with Crippen molar-refractivity contribution in [2.75, 3.05) is 6.61 Å². The predicted octanol–water partition coefficient (Wildman–Crippen LogP) is 3.68. The van der Waals surface area contributed by atoms with Gasteiger partial charge in [0.25, 0.3) is 0 Å². The van der Waals surface area contributed by atoms with E-state index in [1.807, 2.05) is 13.8 Å². The molecule has 22 heavy (non-hydrogen) atoms. The first-order chi connectivity index (χ1) is 9.85. The van der Waals surface area contributed by atoms with E-state index >= 15 is 0 Å². The molecule has 0 bridgehead atoms. The molecule has 6 heteroatoms. The molecule has 126 valence electrons. The van der Waals surface area contributed by atoms with Crippen LogP contribution in [0.5, 0.6) is 0 Å². The highest BCUT2D eigenvalue weighted by Gasteiger charge is 2.37. The van der Waals surface area contributed by atoms with Crippen LogP contribution in [0.15, 0.2) is 29.2 Å². The maximum Gasteiger partial charge on any atom is 0.240 e. The van der Waals surface area contributed by atoms with Gasteiger partial charge in [0.15, 0.2) is 8.32 Å². The Labute approximate surface area is 136 Å². The SMILES string of the molecule is Cc1ccc(S(=O)(=O)N[C@@H](C)CO[Si](C)(C)C(C)(C)C)cc1. The van der Waals surface area contributed by atoms with E-state index in [1.54, 1.807) is 24.3 Å². The third-order valence-corrected chi connectivity index (χ3v) is 10.3. The number of aryl methyl sites for hydroxylation is 1. The van der Waals surface area contributed by atoms with Gasteiger partial charge in [-0.1, -0.05) is 38.5 Å². The van der Waals surface area contributed by atoms with Crippen molar-refractivity contribution in [2.45, 2.75) is 63.7 Å². The van der Waals surface area contributed by atoms with Crippen molar-refractivity contribution in [3.63, 3.8) is 0 Å². The molecule has 1 aromatic rings. The second kappa shape index (κ2) is 6.82. The van der Waals surface area contributed by atoms with E-state index in [1.165, 1.54) is 0 Å². The van der Waals surface area contributed by atoms with Gasteiger partial charge < -0.3 is 4.43 Å². The molecular weight excluding hydrogens is 314 g/mol. The fraction of sp³-hybridized carbons (Fsp3) is 0.625. The summed E-state index contributed by atoms with van der Waals surface area (Å²) in [5, 5.41) is 0.114. The maximum absolute atomic E-state index is 12.3. The quantitative estimate of drug-likeness (QED) is 0.802. The van der Waals surface area contributed by atoms with Gasteiger partial charge in [-0.3, -0.25) is 0 Å². The lowest BCUT2D eigenvalue weighted by atomic mass is 10.2. The second-order valence-electron chi connectivity index (χ2n) is 7.41. The van der Waals surface area contributed by atoms with Crippen LogP contribution in [0.1, 0.15) is 33.3 Å². The Morgan fingerprint density at radius 2 is 1.68 bits per heavy atom. The third kappa shape index (κ3) is 5.19. The van der Waals surface area contributed by atoms with Gasteiger partial charge >= 0.3 is 0 Å². The van der Waals surface area contributed by atoms with Crippen molar-refractivity contribution in [3.05, 3.63) is 29.8 Å². The van der Waals surface area contributed by atoms with Crippen LogP contribution in [-0.4, -0.2) is 29.4 Å². The van der Waals surface area contributed by atoms with Gasteiger partial charge in [-0.15, -0.1) is 0 Å². The van der Waals surface area contributed by atoms with Gasteiger partial charge in [0.1, 0.15) is 0 Å². The van der Waals surface area contributed by atoms with Crippen LogP contribution in [0, 0.1) is 6.92 Å². The molecule has 0 unspecified atom stereocenters. The van der Waals surface area contributed by atoms with Gasteiger partial charge in [-0.25, -0.2) is 13.1 Å². The van der Waals surface area contributed by atoms with Crippen molar-refractivity contribution in [1.29, 1.82) is 0 Å². The van der Waals surface area contributed by atoms with E-state index in [0.29, 0.717) is 6.61 Å². The second-order valence-corrected chi connectivity index (χ2v) is 13.9. The molecule has 0 aliphatic heterocycles. The maximum atomic E-state index is 12.3. The average molecular weight is 344 g/mol. The van der Waals surface area contributed by atoms with Crippen molar-refractivity contribution in [2.24, 2.45) is 0 Å². The first kappa shape index (κ1) is 19.4. The number of benzene rings is 1. The average Bonchev–Trinajstić information content (AvgIpc) is 2.35. The molecule has 0 aliphatic rings. The van der Waals surface area contributed by atoms with Crippen molar-refractivity contribution in [1.82, 2.24) is 4.72 Å². The minimum atomic E-state index is -3.49. The van der Waals surface area contributed by atoms with Crippen LogP contribution in [0.2, 0.25) is 18.1 Å². The first-order valence-corrected chi connectivity index (χ1v) is 12.0. The third-order valence-electron chi connectivity index (χ3n) is 4.19. The van der Waals surface area contributed by atoms with Gasteiger partial charge in [0, 0.05) is 6.04 Å². The summed E-state index contributed by atoms with van der Waals surface area (Å²) in [7, 11) is -5.36. The predicted molar refractivity (Wildman–Crippen MR) is 94.1 cm³/mol. The Morgan fingerprint density at radius 3 is 2.14 bits per heavy atom. The monoisotopic (exact) mass is 343 g/mol. The number of nitrogens with one attached hydrogen (secondary N) is 1. The summed E-state index contributed by atoms with van der Waals surface area (Å²) in [5.41, 5.74) is 1.04. The van der Waals surface area contributed by atoms with Gasteiger partial charge in [-0.05, 0) is 44.1 Å². The smallest absolute Gasteiger partial charge is 0.240 e. The number of hydrogen-bond acceptors (Lipinski definition) is 3. The Bertz CT molecular complexity index is 589. The highest BCUT2D eigenvalue weighted by molar-refractivity contribution is 7.89. The highest BCUT2D eigenvalue weighted by Crippen LogP contribution is 2.36. The summed E-state index contributed by atoms with van der Waals surface area (Å²) >= 11 is 0. The molecule has 1 atom stereocenters. The normalized spacial score (nSPS) is 14.9. The molecule has 0 fully saturated rings. The van der Waals surface area contributed by atoms with E-state index in [2.05, 4.69) is 38.6 Å². The zero-order chi connectivity index (χ0) is 17.2. The molecule has 0 spiro atoms. The molecule has 4 nitrogen and oxygen atoms in total. The molecule has 0 aromatic heterocycles. The van der Waals surface area contributed by atoms with Gasteiger partial charge in [-0.2, -0.15) is 0 Å². The Balaban J connectivity index is 2.69. The molecular formula is C16H29NO3SSi. The summed E-state index contributed by atoms with van der Waals surface area (Å²) in [5.74, 6) is 0. The van der Waals surface area contributed by atoms with E-state index in [0.717, 1.165) is 5.56 Å². The largest absolute Gasteiger partial charge is 0.415 e. The van der Waals surface area contributed by atoms with E-state index in [4.69, 9.17) is 4.43 Å². The minimum Gasteiger partial charge on any atom is -0.415 e. The van der Waals surface area contributed by atoms with Gasteiger partial charge in [0.2, 0.25) is 10.0 Å². The molecule has 0 heterocycles. The standard InChI is InChI=1S/C16H29NO3SSi/c1-13-8-10-15(11-9-13)21(18,19)17-14(2)12-20-22(6,7)16(3,4)5/h8-11,14,17H,12H2,1-7H3/t14-/m0/s1. The zero-order valence-electron chi connectivity index (χ0n) is 14.7. The number of rotatable bonds is 6. The van der Waals surface area contributed by atoms with Crippen molar-refractivity contribution < 1.29 is 12.8 Å². The van der Waals surface area contributed by atoms with E-state index in [9.17, 15) is 8.42 Å². The summed E-state index contributed by atoms with van der Waals surface area (Å²) in [4.78, 5) is 0.289. The Kier molecular flexibility index (Phi) is 6.00. The molecule has 1 aromatic carbocycles. The fourth-order valence-electron chi connectivity index (χ4n) is 1.63. The van der Waals surface area contributed by atoms with E-state index < -0.39 is 18.3 Å². The van der Waals surface area contributed by atoms with Crippen LogP contribution < -0.4 is 4.72 Å². The van der Waals surface area contributed by atoms with Crippen LogP contribution in [0.3, 0.4) is 0 Å². The Morgan fingerprint density at radius 1 is 1.18 bits per heavy atom. The van der Waals surface area contributed by atoms with Crippen LogP contribution in [-0.2, 0) is 14.4 Å². The Hall–Kier alpha value is -0.693. The lowest BCUT2D eigenvalue weighted by molar-refractivity contribution is 0.262. The molecule has 0 saturated heterocycles. The summed E-state index contributed by atoms with van der Waals surface area (Å²) in [6.45, 7) is 15.0. The minimum absolute atomic E-state index is 0.114. The van der Waals surface area contributed by atoms with Crippen molar-refractivity contribution >= 4 is 18.3 Å². The van der Waals surface area contributed by atoms with Crippen LogP contribution >= 0.6 is 0 Å². The number of hydrogen-bond donors (Lipinski definition) is 1. The lowest BCUT2D eigenvalue weighted by Crippen LogP contribution is -2.45. The fourth-order valence-corrected chi connectivity index (χ4v) is 3.96. The molecule has 1 rings (SSSR count). The van der Waals surface area contributed by atoms with Crippen LogP contribution in [0.4, 0.5) is 0 Å². The summed E-state index contributed by atoms with van der Waals surface area (Å²) < 4.78 is 33.4. The molecule has 0 radical (unpaired) electrons. The summed E-state index contributed by atoms with van der Waals surface area (Å²) in [6.07, 6.45) is 0. The highest BCUT2D eigenvalue weighted by atomic mass is 32.2. The first-order valence-electron chi connectivity index (χ1n) is 7.58. The summed E-state index contributed by atoms with van der Waals surface area (Å²) in [6, 6.07) is 6.58. The molecule has 1 N–H and O–H groups in total. The lowest BCUT2D eigenvalue weighted by Gasteiger charge is -2.37. The van der Waals surface area contributed by atoms with Crippen LogP contribution in [0.25, 0.3) is 0 Å². The number of sulfonamides is 1. The molecule has 0 aliphatic carbocycles. The topological polar surface area (TPSA) is 55.4 Å². The van der Waals surface area contributed by atoms with E-state index in [-0.39, 0.29) is 16.0 Å². The van der Waals surface area contributed by atoms with Gasteiger partial charge in [0.05, 0.1) is 11.5 Å². The zero-order valence-corrected chi connectivity index (χ0v) is 16.5. The van der Waals surface area contributed by atoms with Crippen molar-refractivity contribution in [3.8, 4) is 0 Å². The molecule has 0 amide bonds. The molecule has 0 saturated carbocycles.